The minimum Gasteiger partial charge on any atom is -0.496 e. The number of hydrogen-bond donors (Lipinski definition) is 3. The number of halogens is 1. The van der Waals surface area contributed by atoms with Crippen molar-refractivity contribution >= 4 is 27.9 Å². The van der Waals surface area contributed by atoms with Gasteiger partial charge in [-0.05, 0) is 18.2 Å². The standard InChI is InChI=1S/C10H11BrN2O4/c1-17-7-3-2-5(11)4-6(7)8(9(14)15)13-10(12)16/h2-4,8H,1H3,(H,14,15)(H3,12,13,16)/t8-/m0/s1. The maximum absolute atomic E-state index is 11.1. The number of carbonyl (C=O) groups excluding carboxylic acids is 1. The van der Waals surface area contributed by atoms with E-state index in [1.807, 2.05) is 0 Å². The number of carboxylic acids is 1. The van der Waals surface area contributed by atoms with Crippen LogP contribution < -0.4 is 15.8 Å². The van der Waals surface area contributed by atoms with Crippen molar-refractivity contribution in [3.05, 3.63) is 28.2 Å². The first-order valence-corrected chi connectivity index (χ1v) is 5.37. The molecule has 0 saturated carbocycles. The zero-order valence-corrected chi connectivity index (χ0v) is 10.5. The van der Waals surface area contributed by atoms with E-state index in [4.69, 9.17) is 15.6 Å². The Morgan fingerprint density at radius 3 is 2.65 bits per heavy atom. The van der Waals surface area contributed by atoms with Crippen LogP contribution in [0.15, 0.2) is 22.7 Å². The molecule has 0 bridgehead atoms. The molecule has 0 heterocycles. The lowest BCUT2D eigenvalue weighted by atomic mass is 10.1. The molecule has 0 spiro atoms. The highest BCUT2D eigenvalue weighted by Gasteiger charge is 2.24. The summed E-state index contributed by atoms with van der Waals surface area (Å²) in [5.41, 5.74) is 5.25. The first kappa shape index (κ1) is 13.3. The highest BCUT2D eigenvalue weighted by Crippen LogP contribution is 2.28. The van der Waals surface area contributed by atoms with Crippen LogP contribution in [-0.4, -0.2) is 24.2 Å². The molecular weight excluding hydrogens is 292 g/mol. The molecular formula is C10H11BrN2O4. The second-order valence-corrected chi connectivity index (χ2v) is 4.08. The molecule has 1 aromatic rings. The van der Waals surface area contributed by atoms with Crippen molar-refractivity contribution in [1.29, 1.82) is 0 Å². The van der Waals surface area contributed by atoms with E-state index >= 15 is 0 Å². The first-order valence-electron chi connectivity index (χ1n) is 4.58. The second-order valence-electron chi connectivity index (χ2n) is 3.17. The Labute approximate surface area is 106 Å². The van der Waals surface area contributed by atoms with Crippen molar-refractivity contribution in [3.63, 3.8) is 0 Å². The van der Waals surface area contributed by atoms with E-state index in [1.165, 1.54) is 7.11 Å². The molecule has 17 heavy (non-hydrogen) atoms. The van der Waals surface area contributed by atoms with Crippen LogP contribution in [0.25, 0.3) is 0 Å². The second kappa shape index (κ2) is 5.53. The molecule has 0 unspecified atom stereocenters. The number of hydrogen-bond acceptors (Lipinski definition) is 3. The van der Waals surface area contributed by atoms with Crippen molar-refractivity contribution in [1.82, 2.24) is 5.32 Å². The van der Waals surface area contributed by atoms with Gasteiger partial charge >= 0.3 is 12.0 Å². The van der Waals surface area contributed by atoms with Crippen molar-refractivity contribution < 1.29 is 19.4 Å². The van der Waals surface area contributed by atoms with E-state index in [0.717, 1.165) is 0 Å². The van der Waals surface area contributed by atoms with E-state index in [1.54, 1.807) is 18.2 Å². The fourth-order valence-corrected chi connectivity index (χ4v) is 1.72. The summed E-state index contributed by atoms with van der Waals surface area (Å²) in [5, 5.41) is 11.2. The number of urea groups is 1. The minimum atomic E-state index is -1.25. The molecule has 1 aromatic carbocycles. The fourth-order valence-electron chi connectivity index (χ4n) is 1.35. The van der Waals surface area contributed by atoms with Gasteiger partial charge in [-0.1, -0.05) is 15.9 Å². The molecule has 0 fully saturated rings. The van der Waals surface area contributed by atoms with Crippen molar-refractivity contribution in [2.75, 3.05) is 7.11 Å². The predicted molar refractivity (Wildman–Crippen MR) is 63.8 cm³/mol. The van der Waals surface area contributed by atoms with Crippen LogP contribution in [0.4, 0.5) is 4.79 Å². The lowest BCUT2D eigenvalue weighted by Crippen LogP contribution is -2.37. The van der Waals surface area contributed by atoms with E-state index in [0.29, 0.717) is 15.8 Å². The van der Waals surface area contributed by atoms with Gasteiger partial charge in [-0.15, -0.1) is 0 Å². The quantitative estimate of drug-likeness (QED) is 0.779. The van der Waals surface area contributed by atoms with Crippen molar-refractivity contribution in [3.8, 4) is 5.75 Å². The van der Waals surface area contributed by atoms with E-state index in [-0.39, 0.29) is 0 Å². The maximum Gasteiger partial charge on any atom is 0.331 e. The first-order chi connectivity index (χ1) is 7.95. The number of nitrogens with two attached hydrogens (primary N) is 1. The van der Waals surface area contributed by atoms with Crippen LogP contribution in [0.3, 0.4) is 0 Å². The van der Waals surface area contributed by atoms with Crippen LogP contribution in [0.5, 0.6) is 5.75 Å². The summed E-state index contributed by atoms with van der Waals surface area (Å²) in [4.78, 5) is 21.8. The summed E-state index contributed by atoms with van der Waals surface area (Å²) in [7, 11) is 1.41. The number of ether oxygens (including phenoxy) is 1. The molecule has 0 saturated heterocycles. The molecule has 7 heteroatoms. The lowest BCUT2D eigenvalue weighted by molar-refractivity contribution is -0.139. The zero-order chi connectivity index (χ0) is 13.0. The Kier molecular flexibility index (Phi) is 4.33. The molecule has 0 aliphatic rings. The van der Waals surface area contributed by atoms with Gasteiger partial charge in [0, 0.05) is 10.0 Å². The molecule has 1 atom stereocenters. The van der Waals surface area contributed by atoms with E-state index in [9.17, 15) is 9.59 Å². The molecule has 4 N–H and O–H groups in total. The number of methoxy groups -OCH3 is 1. The third-order valence-corrected chi connectivity index (χ3v) is 2.53. The molecule has 1 rings (SSSR count). The highest BCUT2D eigenvalue weighted by molar-refractivity contribution is 9.10. The number of benzene rings is 1. The van der Waals surface area contributed by atoms with Crippen LogP contribution >= 0.6 is 15.9 Å². The number of aliphatic carboxylic acids is 1. The van der Waals surface area contributed by atoms with E-state index < -0.39 is 18.0 Å². The molecule has 92 valence electrons. The van der Waals surface area contributed by atoms with Crippen LogP contribution in [0.1, 0.15) is 11.6 Å². The molecule has 0 aliphatic heterocycles. The summed E-state index contributed by atoms with van der Waals surface area (Å²) in [6.07, 6.45) is 0. The molecule has 0 aromatic heterocycles. The number of carboxylic acid groups (broad SMARTS) is 1. The Hall–Kier alpha value is -1.76. The molecule has 0 radical (unpaired) electrons. The van der Waals surface area contributed by atoms with Gasteiger partial charge in [0.25, 0.3) is 0 Å². The fraction of sp³-hybridized carbons (Fsp3) is 0.200. The average molecular weight is 303 g/mol. The molecule has 6 nitrogen and oxygen atoms in total. The van der Waals surface area contributed by atoms with Gasteiger partial charge in [0.05, 0.1) is 7.11 Å². The van der Waals surface area contributed by atoms with Gasteiger partial charge in [-0.2, -0.15) is 0 Å². The van der Waals surface area contributed by atoms with Crippen molar-refractivity contribution in [2.45, 2.75) is 6.04 Å². The third-order valence-electron chi connectivity index (χ3n) is 2.04. The number of nitrogens with one attached hydrogen (secondary N) is 1. The Morgan fingerprint density at radius 1 is 1.53 bits per heavy atom. The summed E-state index contributed by atoms with van der Waals surface area (Å²) in [6.45, 7) is 0. The number of carbonyl (C=O) groups is 2. The van der Waals surface area contributed by atoms with Gasteiger partial charge in [-0.3, -0.25) is 0 Å². The van der Waals surface area contributed by atoms with Crippen LogP contribution in [-0.2, 0) is 4.79 Å². The van der Waals surface area contributed by atoms with Gasteiger partial charge in [0.1, 0.15) is 5.75 Å². The average Bonchev–Trinajstić information content (AvgIpc) is 2.25. The van der Waals surface area contributed by atoms with Gasteiger partial charge in [-0.25, -0.2) is 9.59 Å². The number of primary amides is 1. The van der Waals surface area contributed by atoms with Gasteiger partial charge in [0.2, 0.25) is 0 Å². The smallest absolute Gasteiger partial charge is 0.331 e. The van der Waals surface area contributed by atoms with Gasteiger partial charge in [0.15, 0.2) is 6.04 Å². The minimum absolute atomic E-state index is 0.313. The summed E-state index contributed by atoms with van der Waals surface area (Å²) in [6, 6.07) is 2.68. The largest absolute Gasteiger partial charge is 0.496 e. The van der Waals surface area contributed by atoms with Crippen LogP contribution in [0, 0.1) is 0 Å². The number of rotatable bonds is 4. The Balaban J connectivity index is 3.20. The Morgan fingerprint density at radius 2 is 2.18 bits per heavy atom. The highest BCUT2D eigenvalue weighted by atomic mass is 79.9. The summed E-state index contributed by atoms with van der Waals surface area (Å²) >= 11 is 3.22. The lowest BCUT2D eigenvalue weighted by Gasteiger charge is -2.16. The molecule has 0 aliphatic carbocycles. The SMILES string of the molecule is COc1ccc(Br)cc1[C@H](NC(N)=O)C(=O)O. The summed E-state index contributed by atoms with van der Waals surface area (Å²) < 4.78 is 5.71. The number of amides is 2. The van der Waals surface area contributed by atoms with Crippen LogP contribution in [0.2, 0.25) is 0 Å². The monoisotopic (exact) mass is 302 g/mol. The topological polar surface area (TPSA) is 102 Å². The molecule has 2 amide bonds. The Bertz CT molecular complexity index is 450. The summed E-state index contributed by atoms with van der Waals surface area (Å²) in [5.74, 6) is -0.866. The van der Waals surface area contributed by atoms with Crippen molar-refractivity contribution in [2.24, 2.45) is 5.73 Å². The van der Waals surface area contributed by atoms with E-state index in [2.05, 4.69) is 21.2 Å². The normalized spacial score (nSPS) is 11.6. The third kappa shape index (κ3) is 3.35. The predicted octanol–water partition coefficient (Wildman–Crippen LogP) is 1.25. The zero-order valence-electron chi connectivity index (χ0n) is 8.94. The van der Waals surface area contributed by atoms with Gasteiger partial charge < -0.3 is 20.9 Å². The maximum atomic E-state index is 11.1.